The van der Waals surface area contributed by atoms with Gasteiger partial charge in [-0.25, -0.2) is 4.98 Å². The van der Waals surface area contributed by atoms with Gasteiger partial charge in [0.15, 0.2) is 0 Å². The summed E-state index contributed by atoms with van der Waals surface area (Å²) in [4.78, 5) is 26.2. The van der Waals surface area contributed by atoms with Crippen molar-refractivity contribution in [3.63, 3.8) is 0 Å². The van der Waals surface area contributed by atoms with Crippen molar-refractivity contribution in [1.29, 1.82) is 0 Å². The van der Waals surface area contributed by atoms with Crippen molar-refractivity contribution in [3.05, 3.63) is 58.6 Å². The number of amides is 2. The average Bonchev–Trinajstić information content (AvgIpc) is 2.38. The monoisotopic (exact) mass is 293 g/mol. The van der Waals surface area contributed by atoms with Crippen molar-refractivity contribution < 1.29 is 14.0 Å². The van der Waals surface area contributed by atoms with E-state index in [0.717, 1.165) is 6.07 Å². The van der Waals surface area contributed by atoms with Crippen molar-refractivity contribution in [2.45, 2.75) is 0 Å². The zero-order valence-corrected chi connectivity index (χ0v) is 10.8. The number of aromatic nitrogens is 1. The van der Waals surface area contributed by atoms with Crippen LogP contribution in [0.2, 0.25) is 5.02 Å². The molecule has 0 unspecified atom stereocenters. The van der Waals surface area contributed by atoms with Gasteiger partial charge in [0.1, 0.15) is 0 Å². The molecule has 0 atom stereocenters. The number of nitrogens with one attached hydrogen (secondary N) is 1. The van der Waals surface area contributed by atoms with Gasteiger partial charge in [0.05, 0.1) is 10.6 Å². The van der Waals surface area contributed by atoms with Gasteiger partial charge in [0.2, 0.25) is 11.9 Å². The first-order valence-corrected chi connectivity index (χ1v) is 5.87. The number of primary amides is 1. The smallest absolute Gasteiger partial charge is 0.255 e. The summed E-state index contributed by atoms with van der Waals surface area (Å²) in [6, 6.07) is 6.64. The van der Waals surface area contributed by atoms with Gasteiger partial charge in [0, 0.05) is 23.5 Å². The summed E-state index contributed by atoms with van der Waals surface area (Å²) < 4.78 is 12.9. The van der Waals surface area contributed by atoms with E-state index in [-0.39, 0.29) is 16.1 Å². The number of nitrogens with two attached hydrogens (primary N) is 1. The molecule has 102 valence electrons. The van der Waals surface area contributed by atoms with Gasteiger partial charge in [-0.2, -0.15) is 4.39 Å². The van der Waals surface area contributed by atoms with E-state index in [9.17, 15) is 14.0 Å². The minimum absolute atomic E-state index is 0.118. The molecule has 3 N–H and O–H groups in total. The summed E-state index contributed by atoms with van der Waals surface area (Å²) in [5.41, 5.74) is 5.75. The number of benzene rings is 1. The van der Waals surface area contributed by atoms with E-state index in [1.807, 2.05) is 0 Å². The van der Waals surface area contributed by atoms with Crippen LogP contribution in [0.15, 0.2) is 36.5 Å². The summed E-state index contributed by atoms with van der Waals surface area (Å²) in [7, 11) is 0. The van der Waals surface area contributed by atoms with Crippen molar-refractivity contribution in [2.75, 3.05) is 5.32 Å². The Morgan fingerprint density at radius 3 is 2.60 bits per heavy atom. The van der Waals surface area contributed by atoms with Crippen LogP contribution in [0.4, 0.5) is 10.1 Å². The Morgan fingerprint density at radius 2 is 2.00 bits per heavy atom. The number of carbonyl (C=O) groups excluding carboxylic acids is 2. The van der Waals surface area contributed by atoms with Gasteiger partial charge in [-0.3, -0.25) is 9.59 Å². The quantitative estimate of drug-likeness (QED) is 0.851. The van der Waals surface area contributed by atoms with E-state index in [0.29, 0.717) is 5.69 Å². The molecule has 0 saturated heterocycles. The minimum atomic E-state index is -0.750. The fraction of sp³-hybridized carbons (Fsp3) is 0. The highest BCUT2D eigenvalue weighted by Gasteiger charge is 2.10. The Hall–Kier alpha value is -2.47. The molecule has 1 heterocycles. The van der Waals surface area contributed by atoms with Crippen LogP contribution in [0.1, 0.15) is 20.7 Å². The lowest BCUT2D eigenvalue weighted by Crippen LogP contribution is -2.14. The Kier molecular flexibility index (Phi) is 3.95. The molecule has 7 heteroatoms. The maximum absolute atomic E-state index is 12.9. The Bertz CT molecular complexity index is 691. The first-order chi connectivity index (χ1) is 9.47. The second kappa shape index (κ2) is 5.66. The van der Waals surface area contributed by atoms with Crippen LogP contribution in [0.25, 0.3) is 0 Å². The second-order valence-corrected chi connectivity index (χ2v) is 4.29. The predicted molar refractivity (Wildman–Crippen MR) is 72.1 cm³/mol. The maximum atomic E-state index is 12.9. The number of pyridine rings is 1. The number of nitrogens with zero attached hydrogens (tertiary/aromatic N) is 1. The number of carbonyl (C=O) groups is 2. The third-order valence-corrected chi connectivity index (χ3v) is 2.79. The molecular formula is C13H9ClFN3O2. The van der Waals surface area contributed by atoms with Crippen LogP contribution in [0.3, 0.4) is 0 Å². The third-order valence-electron chi connectivity index (χ3n) is 2.48. The molecule has 0 aliphatic carbocycles. The molecular weight excluding hydrogens is 285 g/mol. The fourth-order valence-corrected chi connectivity index (χ4v) is 1.81. The summed E-state index contributed by atoms with van der Waals surface area (Å²) >= 11 is 5.86. The van der Waals surface area contributed by atoms with Crippen LogP contribution in [-0.4, -0.2) is 16.8 Å². The average molecular weight is 294 g/mol. The van der Waals surface area contributed by atoms with Gasteiger partial charge in [0.25, 0.3) is 5.91 Å². The number of anilines is 1. The molecule has 5 nitrogen and oxygen atoms in total. The first-order valence-electron chi connectivity index (χ1n) is 5.49. The first kappa shape index (κ1) is 14.0. The summed E-state index contributed by atoms with van der Waals surface area (Å²) in [6.07, 6.45) is 1.19. The molecule has 1 aromatic carbocycles. The molecule has 0 aliphatic rings. The van der Waals surface area contributed by atoms with E-state index in [4.69, 9.17) is 17.3 Å². The van der Waals surface area contributed by atoms with Gasteiger partial charge >= 0.3 is 0 Å². The molecule has 20 heavy (non-hydrogen) atoms. The topological polar surface area (TPSA) is 85.1 Å². The molecule has 1 aromatic heterocycles. The lowest BCUT2D eigenvalue weighted by atomic mass is 10.2. The van der Waals surface area contributed by atoms with Crippen LogP contribution >= 0.6 is 11.6 Å². The SMILES string of the molecule is NC(=O)c1ccc(NC(=O)c2ccnc(F)c2)cc1Cl. The number of hydrogen-bond acceptors (Lipinski definition) is 3. The molecule has 0 saturated carbocycles. The summed E-state index contributed by atoms with van der Waals surface area (Å²) in [5, 5.41) is 2.64. The van der Waals surface area contributed by atoms with Gasteiger partial charge in [-0.05, 0) is 24.3 Å². The standard InChI is InChI=1S/C13H9ClFN3O2/c14-10-6-8(1-2-9(10)12(16)19)18-13(20)7-3-4-17-11(15)5-7/h1-6H,(H2,16,19)(H,18,20). The van der Waals surface area contributed by atoms with Crippen LogP contribution < -0.4 is 11.1 Å². The van der Waals surface area contributed by atoms with Crippen molar-refractivity contribution >= 4 is 29.1 Å². The van der Waals surface area contributed by atoms with E-state index < -0.39 is 17.8 Å². The number of rotatable bonds is 3. The normalized spacial score (nSPS) is 10.1. The highest BCUT2D eigenvalue weighted by molar-refractivity contribution is 6.34. The number of hydrogen-bond donors (Lipinski definition) is 2. The zero-order chi connectivity index (χ0) is 14.7. The predicted octanol–water partition coefficient (Wildman–Crippen LogP) is 2.23. The van der Waals surface area contributed by atoms with Gasteiger partial charge < -0.3 is 11.1 Å². The van der Waals surface area contributed by atoms with Crippen LogP contribution in [0.5, 0.6) is 0 Å². The molecule has 0 radical (unpaired) electrons. The van der Waals surface area contributed by atoms with Crippen molar-refractivity contribution in [2.24, 2.45) is 5.73 Å². The zero-order valence-electron chi connectivity index (χ0n) is 10.1. The molecule has 0 spiro atoms. The van der Waals surface area contributed by atoms with Crippen molar-refractivity contribution in [3.8, 4) is 0 Å². The lowest BCUT2D eigenvalue weighted by Gasteiger charge is -2.07. The number of halogens is 2. The molecule has 0 bridgehead atoms. The third kappa shape index (κ3) is 3.10. The lowest BCUT2D eigenvalue weighted by molar-refractivity contribution is 0.0998. The van der Waals surface area contributed by atoms with E-state index in [1.165, 1.54) is 30.5 Å². The second-order valence-electron chi connectivity index (χ2n) is 3.88. The largest absolute Gasteiger partial charge is 0.366 e. The molecule has 0 aliphatic heterocycles. The fourth-order valence-electron chi connectivity index (χ4n) is 1.54. The highest BCUT2D eigenvalue weighted by atomic mass is 35.5. The van der Waals surface area contributed by atoms with E-state index >= 15 is 0 Å². The minimum Gasteiger partial charge on any atom is -0.366 e. The van der Waals surface area contributed by atoms with Crippen molar-refractivity contribution in [1.82, 2.24) is 4.98 Å². The highest BCUT2D eigenvalue weighted by Crippen LogP contribution is 2.21. The van der Waals surface area contributed by atoms with Crippen LogP contribution in [0, 0.1) is 5.95 Å². The maximum Gasteiger partial charge on any atom is 0.255 e. The summed E-state index contributed by atoms with van der Waals surface area (Å²) in [6.45, 7) is 0. The van der Waals surface area contributed by atoms with Gasteiger partial charge in [-0.1, -0.05) is 11.6 Å². The molecule has 2 aromatic rings. The molecule has 0 fully saturated rings. The van der Waals surface area contributed by atoms with E-state index in [1.54, 1.807) is 0 Å². The molecule has 2 rings (SSSR count). The Balaban J connectivity index is 2.20. The summed E-state index contributed by atoms with van der Waals surface area (Å²) in [5.74, 6) is -1.93. The Morgan fingerprint density at radius 1 is 1.25 bits per heavy atom. The Labute approximate surface area is 118 Å². The molecule has 2 amide bonds. The van der Waals surface area contributed by atoms with Gasteiger partial charge in [-0.15, -0.1) is 0 Å². The van der Waals surface area contributed by atoms with E-state index in [2.05, 4.69) is 10.3 Å². The van der Waals surface area contributed by atoms with Crippen LogP contribution in [-0.2, 0) is 0 Å².